The van der Waals surface area contributed by atoms with Crippen LogP contribution in [0.2, 0.25) is 0 Å². The monoisotopic (exact) mass is 339 g/mol. The van der Waals surface area contributed by atoms with Crippen LogP contribution < -0.4 is 15.5 Å². The topological polar surface area (TPSA) is 44.4 Å². The molecular formula is C15H22BrN3O. The van der Waals surface area contributed by atoms with Crippen LogP contribution in [0.1, 0.15) is 24.8 Å². The number of amides is 1. The summed E-state index contributed by atoms with van der Waals surface area (Å²) in [6, 6.07) is 6.30. The van der Waals surface area contributed by atoms with Gasteiger partial charge in [0.15, 0.2) is 0 Å². The number of halogens is 1. The van der Waals surface area contributed by atoms with Crippen molar-refractivity contribution in [2.45, 2.75) is 31.8 Å². The molecule has 0 saturated carbocycles. The lowest BCUT2D eigenvalue weighted by Crippen LogP contribution is -2.48. The largest absolute Gasteiger partial charge is 0.359 e. The van der Waals surface area contributed by atoms with Crippen LogP contribution in [-0.4, -0.2) is 32.6 Å². The lowest BCUT2D eigenvalue weighted by Gasteiger charge is -2.36. The Bertz CT molecular complexity index is 478. The molecule has 1 heterocycles. The Morgan fingerprint density at radius 1 is 1.40 bits per heavy atom. The molecule has 0 radical (unpaired) electrons. The third kappa shape index (κ3) is 3.33. The van der Waals surface area contributed by atoms with Crippen LogP contribution in [0.25, 0.3) is 0 Å². The summed E-state index contributed by atoms with van der Waals surface area (Å²) in [5, 5.41) is 5.93. The summed E-state index contributed by atoms with van der Waals surface area (Å²) >= 11 is 3.62. The molecule has 0 spiro atoms. The van der Waals surface area contributed by atoms with Gasteiger partial charge in [-0.1, -0.05) is 22.0 Å². The summed E-state index contributed by atoms with van der Waals surface area (Å²) in [6.45, 7) is 1.77. The predicted molar refractivity (Wildman–Crippen MR) is 86.0 cm³/mol. The summed E-state index contributed by atoms with van der Waals surface area (Å²) < 4.78 is 1.09. The molecule has 0 aromatic heterocycles. The maximum atomic E-state index is 12.0. The number of benzene rings is 1. The van der Waals surface area contributed by atoms with Crippen molar-refractivity contribution in [2.24, 2.45) is 0 Å². The van der Waals surface area contributed by atoms with Gasteiger partial charge >= 0.3 is 0 Å². The lowest BCUT2D eigenvalue weighted by atomic mass is 10.00. The number of piperidine rings is 1. The third-order valence-electron chi connectivity index (χ3n) is 3.79. The SMILES string of the molecule is CNCc1ccc(N2CCCCC2C(=O)NC)cc1Br. The van der Waals surface area contributed by atoms with E-state index in [2.05, 4.69) is 49.7 Å². The molecule has 1 aliphatic rings. The van der Waals surface area contributed by atoms with Gasteiger partial charge in [0.05, 0.1) is 0 Å². The van der Waals surface area contributed by atoms with Crippen molar-refractivity contribution in [3.05, 3.63) is 28.2 Å². The summed E-state index contributed by atoms with van der Waals surface area (Å²) in [5.41, 5.74) is 2.34. The average Bonchev–Trinajstić information content (AvgIpc) is 2.48. The molecule has 5 heteroatoms. The second-order valence-electron chi connectivity index (χ2n) is 5.13. The van der Waals surface area contributed by atoms with E-state index in [1.165, 1.54) is 5.56 Å². The first-order valence-electron chi connectivity index (χ1n) is 7.08. The van der Waals surface area contributed by atoms with E-state index < -0.39 is 0 Å². The highest BCUT2D eigenvalue weighted by Crippen LogP contribution is 2.29. The first kappa shape index (κ1) is 15.3. The highest BCUT2D eigenvalue weighted by molar-refractivity contribution is 9.10. The molecule has 2 N–H and O–H groups in total. The minimum absolute atomic E-state index is 0.0456. The Hall–Kier alpha value is -1.07. The molecule has 1 aromatic rings. The number of carbonyl (C=O) groups is 1. The van der Waals surface area contributed by atoms with E-state index in [0.717, 1.165) is 42.5 Å². The molecule has 4 nitrogen and oxygen atoms in total. The highest BCUT2D eigenvalue weighted by Gasteiger charge is 2.28. The van der Waals surface area contributed by atoms with Gasteiger partial charge in [-0.3, -0.25) is 4.79 Å². The Morgan fingerprint density at radius 2 is 2.20 bits per heavy atom. The van der Waals surface area contributed by atoms with E-state index in [1.807, 2.05) is 7.05 Å². The van der Waals surface area contributed by atoms with Gasteiger partial charge in [0.25, 0.3) is 0 Å². The van der Waals surface area contributed by atoms with E-state index in [-0.39, 0.29) is 11.9 Å². The quantitative estimate of drug-likeness (QED) is 0.884. The molecule has 1 aliphatic heterocycles. The number of nitrogens with zero attached hydrogens (tertiary/aromatic N) is 1. The fourth-order valence-electron chi connectivity index (χ4n) is 2.73. The zero-order valence-electron chi connectivity index (χ0n) is 12.1. The van der Waals surface area contributed by atoms with Gasteiger partial charge in [0.2, 0.25) is 5.91 Å². The zero-order valence-corrected chi connectivity index (χ0v) is 13.7. The van der Waals surface area contributed by atoms with Crippen LogP contribution in [-0.2, 0) is 11.3 Å². The van der Waals surface area contributed by atoms with E-state index in [4.69, 9.17) is 0 Å². The summed E-state index contributed by atoms with van der Waals surface area (Å²) in [4.78, 5) is 14.2. The van der Waals surface area contributed by atoms with Gasteiger partial charge in [0, 0.05) is 30.3 Å². The van der Waals surface area contributed by atoms with Gasteiger partial charge < -0.3 is 15.5 Å². The van der Waals surface area contributed by atoms with Crippen molar-refractivity contribution in [3.8, 4) is 0 Å². The van der Waals surface area contributed by atoms with E-state index in [9.17, 15) is 4.79 Å². The molecule has 1 saturated heterocycles. The molecule has 1 aromatic carbocycles. The third-order valence-corrected chi connectivity index (χ3v) is 4.53. The smallest absolute Gasteiger partial charge is 0.242 e. The first-order valence-corrected chi connectivity index (χ1v) is 7.88. The normalized spacial score (nSPS) is 18.9. The van der Waals surface area contributed by atoms with Gasteiger partial charge in [-0.05, 0) is 44.0 Å². The molecule has 110 valence electrons. The molecule has 0 aliphatic carbocycles. The predicted octanol–water partition coefficient (Wildman–Crippen LogP) is 2.27. The summed E-state index contributed by atoms with van der Waals surface area (Å²) in [5.74, 6) is 0.111. The Morgan fingerprint density at radius 3 is 2.85 bits per heavy atom. The fourth-order valence-corrected chi connectivity index (χ4v) is 3.24. The van der Waals surface area contributed by atoms with Gasteiger partial charge in [-0.15, -0.1) is 0 Å². The minimum Gasteiger partial charge on any atom is -0.359 e. The molecule has 1 unspecified atom stereocenters. The summed E-state index contributed by atoms with van der Waals surface area (Å²) in [6.07, 6.45) is 3.19. The summed E-state index contributed by atoms with van der Waals surface area (Å²) in [7, 11) is 3.65. The van der Waals surface area contributed by atoms with Crippen molar-refractivity contribution < 1.29 is 4.79 Å². The Balaban J connectivity index is 2.23. The number of nitrogens with one attached hydrogen (secondary N) is 2. The zero-order chi connectivity index (χ0) is 14.5. The fraction of sp³-hybridized carbons (Fsp3) is 0.533. The van der Waals surface area contributed by atoms with Crippen molar-refractivity contribution in [2.75, 3.05) is 25.5 Å². The van der Waals surface area contributed by atoms with Gasteiger partial charge in [-0.2, -0.15) is 0 Å². The highest BCUT2D eigenvalue weighted by atomic mass is 79.9. The number of carbonyl (C=O) groups excluding carboxylic acids is 1. The maximum absolute atomic E-state index is 12.0. The van der Waals surface area contributed by atoms with Crippen LogP contribution in [0, 0.1) is 0 Å². The Kier molecular flexibility index (Phi) is 5.43. The molecule has 1 fully saturated rings. The molecule has 0 bridgehead atoms. The van der Waals surface area contributed by atoms with Crippen molar-refractivity contribution >= 4 is 27.5 Å². The number of likely N-dealkylation sites (N-methyl/N-ethyl adjacent to an activating group) is 1. The van der Waals surface area contributed by atoms with Gasteiger partial charge in [-0.25, -0.2) is 0 Å². The van der Waals surface area contributed by atoms with E-state index >= 15 is 0 Å². The van der Waals surface area contributed by atoms with Crippen molar-refractivity contribution in [1.29, 1.82) is 0 Å². The molecule has 2 rings (SSSR count). The average molecular weight is 340 g/mol. The maximum Gasteiger partial charge on any atom is 0.242 e. The number of rotatable bonds is 4. The molecule has 20 heavy (non-hydrogen) atoms. The number of hydrogen-bond acceptors (Lipinski definition) is 3. The molecule has 1 amide bonds. The second-order valence-corrected chi connectivity index (χ2v) is 5.98. The van der Waals surface area contributed by atoms with Crippen LogP contribution >= 0.6 is 15.9 Å². The first-order chi connectivity index (χ1) is 9.67. The Labute approximate surface area is 129 Å². The van der Waals surface area contributed by atoms with Crippen LogP contribution in [0.5, 0.6) is 0 Å². The minimum atomic E-state index is -0.0456. The van der Waals surface area contributed by atoms with Crippen LogP contribution in [0.4, 0.5) is 5.69 Å². The standard InChI is InChI=1S/C15H22BrN3O/c1-17-10-11-6-7-12(9-13(11)16)19-8-4-3-5-14(19)15(20)18-2/h6-7,9,14,17H,3-5,8,10H2,1-2H3,(H,18,20). The second kappa shape index (κ2) is 7.09. The molecular weight excluding hydrogens is 318 g/mol. The lowest BCUT2D eigenvalue weighted by molar-refractivity contribution is -0.122. The number of anilines is 1. The van der Waals surface area contributed by atoms with Crippen LogP contribution in [0.15, 0.2) is 22.7 Å². The van der Waals surface area contributed by atoms with E-state index in [1.54, 1.807) is 7.05 Å². The van der Waals surface area contributed by atoms with E-state index in [0.29, 0.717) is 0 Å². The van der Waals surface area contributed by atoms with Crippen molar-refractivity contribution in [1.82, 2.24) is 10.6 Å². The van der Waals surface area contributed by atoms with Gasteiger partial charge in [0.1, 0.15) is 6.04 Å². The van der Waals surface area contributed by atoms with Crippen LogP contribution in [0.3, 0.4) is 0 Å². The number of hydrogen-bond donors (Lipinski definition) is 2. The molecule has 1 atom stereocenters. The van der Waals surface area contributed by atoms with Crippen molar-refractivity contribution in [3.63, 3.8) is 0 Å².